The van der Waals surface area contributed by atoms with Crippen molar-refractivity contribution in [2.24, 2.45) is 5.73 Å². The second kappa shape index (κ2) is 5.40. The van der Waals surface area contributed by atoms with Crippen LogP contribution < -0.4 is 5.73 Å². The first-order chi connectivity index (χ1) is 8.95. The first kappa shape index (κ1) is 14.2. The summed E-state index contributed by atoms with van der Waals surface area (Å²) in [4.78, 5) is 0. The van der Waals surface area contributed by atoms with Crippen LogP contribution >= 0.6 is 11.6 Å². The Morgan fingerprint density at radius 3 is 2.37 bits per heavy atom. The molecule has 0 amide bonds. The third-order valence-corrected chi connectivity index (χ3v) is 3.86. The molecule has 0 atom stereocenters. The summed E-state index contributed by atoms with van der Waals surface area (Å²) in [7, 11) is 0. The summed E-state index contributed by atoms with van der Waals surface area (Å²) in [5.41, 5.74) is 12.9. The van der Waals surface area contributed by atoms with Gasteiger partial charge in [0.2, 0.25) is 0 Å². The van der Waals surface area contributed by atoms with E-state index in [0.29, 0.717) is 6.54 Å². The first-order valence-corrected chi connectivity index (χ1v) is 6.98. The maximum Gasteiger partial charge on any atom is 0.0670 e. The molecule has 2 rings (SSSR count). The Balaban J connectivity index is 2.66. The van der Waals surface area contributed by atoms with Crippen molar-refractivity contribution >= 4 is 11.6 Å². The predicted octanol–water partition coefficient (Wildman–Crippen LogP) is 3.87. The topological polar surface area (TPSA) is 30.9 Å². The smallest absolute Gasteiger partial charge is 0.0670 e. The molecule has 0 unspecified atom stereocenters. The molecule has 2 aromatic rings. The monoisotopic (exact) mass is 276 g/mol. The number of aryl methyl sites for hydroxylation is 3. The Morgan fingerprint density at radius 1 is 1.11 bits per heavy atom. The summed E-state index contributed by atoms with van der Waals surface area (Å²) in [5, 5.41) is 0.804. The summed E-state index contributed by atoms with van der Waals surface area (Å²) >= 11 is 6.45. The van der Waals surface area contributed by atoms with Crippen molar-refractivity contribution in [1.82, 2.24) is 4.57 Å². The zero-order valence-electron chi connectivity index (χ0n) is 12.0. The Morgan fingerprint density at radius 2 is 1.79 bits per heavy atom. The van der Waals surface area contributed by atoms with Gasteiger partial charge in [-0.05, 0) is 69.5 Å². The van der Waals surface area contributed by atoms with Gasteiger partial charge in [-0.15, -0.1) is 0 Å². The molecular formula is C16H21ClN2. The molecule has 102 valence electrons. The number of aromatic nitrogens is 1. The largest absolute Gasteiger partial charge is 0.330 e. The van der Waals surface area contributed by atoms with E-state index in [1.165, 1.54) is 28.1 Å². The van der Waals surface area contributed by atoms with Gasteiger partial charge in [-0.1, -0.05) is 17.7 Å². The fourth-order valence-corrected chi connectivity index (χ4v) is 3.18. The van der Waals surface area contributed by atoms with Gasteiger partial charge < -0.3 is 10.3 Å². The standard InChI is InChI=1S/C16H21ClN2/c1-10-7-11(2)16(15(17)8-10)19-12(3)9-14(5-6-18)13(19)4/h7-9H,5-6,18H2,1-4H3. The maximum atomic E-state index is 6.45. The summed E-state index contributed by atoms with van der Waals surface area (Å²) in [6.07, 6.45) is 0.905. The van der Waals surface area contributed by atoms with Gasteiger partial charge in [0.05, 0.1) is 10.7 Å². The fraction of sp³-hybridized carbons (Fsp3) is 0.375. The molecule has 0 aliphatic carbocycles. The van der Waals surface area contributed by atoms with Crippen LogP contribution in [0.1, 0.15) is 28.1 Å². The van der Waals surface area contributed by atoms with Gasteiger partial charge >= 0.3 is 0 Å². The second-order valence-electron chi connectivity index (χ2n) is 5.18. The highest BCUT2D eigenvalue weighted by Gasteiger charge is 2.14. The maximum absolute atomic E-state index is 6.45. The lowest BCUT2D eigenvalue weighted by Gasteiger charge is -2.16. The Kier molecular flexibility index (Phi) is 4.02. The number of rotatable bonds is 3. The zero-order chi connectivity index (χ0) is 14.2. The third-order valence-electron chi connectivity index (χ3n) is 3.57. The Hall–Kier alpha value is -1.25. The van der Waals surface area contributed by atoms with Crippen molar-refractivity contribution in [3.8, 4) is 5.69 Å². The van der Waals surface area contributed by atoms with E-state index in [2.05, 4.69) is 44.4 Å². The molecule has 1 aromatic carbocycles. The highest BCUT2D eigenvalue weighted by atomic mass is 35.5. The Labute approximate surface area is 120 Å². The molecule has 2 N–H and O–H groups in total. The van der Waals surface area contributed by atoms with Crippen molar-refractivity contribution in [2.75, 3.05) is 6.54 Å². The first-order valence-electron chi connectivity index (χ1n) is 6.60. The fourth-order valence-electron chi connectivity index (χ4n) is 2.77. The van der Waals surface area contributed by atoms with Gasteiger partial charge in [0.25, 0.3) is 0 Å². The molecule has 19 heavy (non-hydrogen) atoms. The molecule has 0 saturated heterocycles. The van der Waals surface area contributed by atoms with Crippen molar-refractivity contribution in [2.45, 2.75) is 34.1 Å². The SMILES string of the molecule is Cc1cc(C)c(-n2c(C)cc(CCN)c2C)c(Cl)c1. The van der Waals surface area contributed by atoms with E-state index in [4.69, 9.17) is 17.3 Å². The number of hydrogen-bond donors (Lipinski definition) is 1. The van der Waals surface area contributed by atoms with E-state index in [1.54, 1.807) is 0 Å². The average molecular weight is 277 g/mol. The molecular weight excluding hydrogens is 256 g/mol. The van der Waals surface area contributed by atoms with Gasteiger partial charge in [-0.3, -0.25) is 0 Å². The van der Waals surface area contributed by atoms with Crippen LogP contribution in [0.2, 0.25) is 5.02 Å². The summed E-state index contributed by atoms with van der Waals surface area (Å²) in [6.45, 7) is 9.09. The highest BCUT2D eigenvalue weighted by molar-refractivity contribution is 6.32. The molecule has 2 nitrogen and oxygen atoms in total. The van der Waals surface area contributed by atoms with E-state index in [1.807, 2.05) is 6.07 Å². The molecule has 3 heteroatoms. The van der Waals surface area contributed by atoms with Crippen LogP contribution in [-0.2, 0) is 6.42 Å². The molecule has 0 saturated carbocycles. The van der Waals surface area contributed by atoms with Crippen molar-refractivity contribution < 1.29 is 0 Å². The van der Waals surface area contributed by atoms with Crippen molar-refractivity contribution in [3.63, 3.8) is 0 Å². The number of nitrogens with two attached hydrogens (primary N) is 1. The van der Waals surface area contributed by atoms with Crippen LogP contribution in [0.15, 0.2) is 18.2 Å². The molecule has 0 aliphatic rings. The molecule has 0 aliphatic heterocycles. The lowest BCUT2D eigenvalue weighted by molar-refractivity contribution is 0.915. The van der Waals surface area contributed by atoms with Gasteiger partial charge in [0.1, 0.15) is 0 Å². The number of nitrogens with zero attached hydrogens (tertiary/aromatic N) is 1. The number of halogens is 1. The molecule has 0 fully saturated rings. The molecule has 0 spiro atoms. The summed E-state index contributed by atoms with van der Waals surface area (Å²) < 4.78 is 2.24. The third kappa shape index (κ3) is 2.56. The lowest BCUT2D eigenvalue weighted by Crippen LogP contribution is -2.06. The van der Waals surface area contributed by atoms with Gasteiger partial charge in [0, 0.05) is 11.4 Å². The molecule has 1 heterocycles. The van der Waals surface area contributed by atoms with Gasteiger partial charge in [-0.2, -0.15) is 0 Å². The van der Waals surface area contributed by atoms with Gasteiger partial charge in [-0.25, -0.2) is 0 Å². The van der Waals surface area contributed by atoms with Crippen LogP contribution in [0.4, 0.5) is 0 Å². The minimum Gasteiger partial charge on any atom is -0.330 e. The summed E-state index contributed by atoms with van der Waals surface area (Å²) in [6, 6.07) is 6.39. The van der Waals surface area contributed by atoms with Crippen LogP contribution in [0.3, 0.4) is 0 Å². The second-order valence-corrected chi connectivity index (χ2v) is 5.59. The highest BCUT2D eigenvalue weighted by Crippen LogP contribution is 2.30. The minimum absolute atomic E-state index is 0.672. The number of hydrogen-bond acceptors (Lipinski definition) is 1. The molecule has 0 radical (unpaired) electrons. The average Bonchev–Trinajstić information content (AvgIpc) is 2.56. The van der Waals surface area contributed by atoms with Crippen molar-refractivity contribution in [3.05, 3.63) is 51.3 Å². The summed E-state index contributed by atoms with van der Waals surface area (Å²) in [5.74, 6) is 0. The van der Waals surface area contributed by atoms with E-state index < -0.39 is 0 Å². The van der Waals surface area contributed by atoms with Crippen molar-refractivity contribution in [1.29, 1.82) is 0 Å². The van der Waals surface area contributed by atoms with Crippen LogP contribution in [-0.4, -0.2) is 11.1 Å². The van der Waals surface area contributed by atoms with E-state index in [0.717, 1.165) is 17.1 Å². The minimum atomic E-state index is 0.672. The van der Waals surface area contributed by atoms with Gasteiger partial charge in [0.15, 0.2) is 0 Å². The predicted molar refractivity (Wildman–Crippen MR) is 82.5 cm³/mol. The molecule has 0 bridgehead atoms. The van der Waals surface area contributed by atoms with Crippen LogP contribution in [0.25, 0.3) is 5.69 Å². The zero-order valence-corrected chi connectivity index (χ0v) is 12.8. The van der Waals surface area contributed by atoms with Crippen LogP contribution in [0, 0.1) is 27.7 Å². The Bertz CT molecular complexity index is 588. The lowest BCUT2D eigenvalue weighted by atomic mass is 10.1. The van der Waals surface area contributed by atoms with E-state index >= 15 is 0 Å². The van der Waals surface area contributed by atoms with E-state index in [9.17, 15) is 0 Å². The quantitative estimate of drug-likeness (QED) is 0.907. The molecule has 1 aromatic heterocycles. The van der Waals surface area contributed by atoms with E-state index in [-0.39, 0.29) is 0 Å². The number of benzene rings is 1. The normalized spacial score (nSPS) is 11.1. The van der Waals surface area contributed by atoms with Crippen LogP contribution in [0.5, 0.6) is 0 Å².